The molecule has 5 rings (SSSR count). The lowest BCUT2D eigenvalue weighted by atomic mass is 9.51. The molecule has 3 aliphatic carbocycles. The number of carboxylic acids is 2. The van der Waals surface area contributed by atoms with Crippen LogP contribution in [0.15, 0.2) is 9.59 Å². The highest BCUT2D eigenvalue weighted by molar-refractivity contribution is 5.92. The molecule has 0 aliphatic heterocycles. The lowest BCUT2D eigenvalue weighted by Gasteiger charge is -2.53. The Kier molecular flexibility index (Phi) is 5.96. The maximum Gasteiger partial charge on any atom is 0.332 e. The lowest BCUT2D eigenvalue weighted by Crippen LogP contribution is -2.46. The molecule has 0 radical (unpaired) electrons. The van der Waals surface area contributed by atoms with E-state index in [0.717, 1.165) is 50.8 Å². The van der Waals surface area contributed by atoms with Crippen molar-refractivity contribution in [2.24, 2.45) is 11.3 Å². The molecule has 0 unspecified atom stereocenters. The summed E-state index contributed by atoms with van der Waals surface area (Å²) in [5.41, 5.74) is -0.453. The number of fused-ring (bicyclic) bond motifs is 4. The van der Waals surface area contributed by atoms with Gasteiger partial charge in [0.25, 0.3) is 5.56 Å². The predicted molar refractivity (Wildman–Crippen MR) is 120 cm³/mol. The van der Waals surface area contributed by atoms with Crippen molar-refractivity contribution in [2.45, 2.75) is 90.1 Å². The minimum Gasteiger partial charge on any atom is -0.481 e. The fourth-order valence-corrected chi connectivity index (χ4v) is 5.90. The summed E-state index contributed by atoms with van der Waals surface area (Å²) in [6.45, 7) is 4.73. The number of rotatable bonds is 9. The van der Waals surface area contributed by atoms with Gasteiger partial charge in [-0.25, -0.2) is 9.78 Å². The van der Waals surface area contributed by atoms with Crippen molar-refractivity contribution in [1.82, 2.24) is 19.1 Å². The van der Waals surface area contributed by atoms with Crippen molar-refractivity contribution in [3.05, 3.63) is 26.7 Å². The molecule has 2 heterocycles. The average molecular weight is 461 g/mol. The number of carbonyl (C=O) groups is 2. The number of nitrogens with one attached hydrogen (secondary N) is 1. The van der Waals surface area contributed by atoms with Crippen molar-refractivity contribution >= 4 is 23.1 Å². The second kappa shape index (κ2) is 8.46. The van der Waals surface area contributed by atoms with Gasteiger partial charge in [-0.05, 0) is 63.2 Å². The van der Waals surface area contributed by atoms with Gasteiger partial charge in [-0.3, -0.25) is 23.5 Å². The number of nitrogens with zero attached hydrogens (tertiary/aromatic N) is 3. The first kappa shape index (κ1) is 23.3. The van der Waals surface area contributed by atoms with E-state index < -0.39 is 17.9 Å². The fraction of sp³-hybridized carbons (Fsp3) is 0.696. The third-order valence-corrected chi connectivity index (χ3v) is 7.89. The summed E-state index contributed by atoms with van der Waals surface area (Å²) in [4.78, 5) is 56.9. The number of aryl methyl sites for hydroxylation is 1. The Hall–Kier alpha value is -2.91. The van der Waals surface area contributed by atoms with E-state index in [4.69, 9.17) is 4.98 Å². The van der Waals surface area contributed by atoms with E-state index in [-0.39, 0.29) is 28.5 Å². The van der Waals surface area contributed by atoms with E-state index in [0.29, 0.717) is 30.7 Å². The van der Waals surface area contributed by atoms with Crippen LogP contribution in [-0.2, 0) is 28.1 Å². The van der Waals surface area contributed by atoms with Crippen molar-refractivity contribution < 1.29 is 19.8 Å². The van der Waals surface area contributed by atoms with Crippen LogP contribution in [-0.4, -0.2) is 41.3 Å². The van der Waals surface area contributed by atoms with E-state index in [1.165, 1.54) is 4.57 Å². The van der Waals surface area contributed by atoms with Crippen LogP contribution in [0.2, 0.25) is 0 Å². The molecule has 0 saturated heterocycles. The molecule has 33 heavy (non-hydrogen) atoms. The van der Waals surface area contributed by atoms with Gasteiger partial charge in [0.1, 0.15) is 11.3 Å². The van der Waals surface area contributed by atoms with E-state index >= 15 is 0 Å². The first-order valence-electron chi connectivity index (χ1n) is 11.9. The SMILES string of the molecule is CCCn1c(=O)c2[nH]c(C34CCC(CC(C(=O)O)C(=O)O)(CC3)CC4)nc2n(CCC)c1=O. The standard InChI is InChI=1S/C23H32N4O6/c1-3-11-26-16-15(17(28)27(12-4-2)21(26)33)24-20(25-16)23-8-5-22(6-9-23,7-10-23)13-14(18(29)30)19(31)32/h14H,3-13H2,1-2H3,(H,24,25)(H,29,30)(H,31,32). The lowest BCUT2D eigenvalue weighted by molar-refractivity contribution is -0.157. The van der Waals surface area contributed by atoms with Gasteiger partial charge in [-0.1, -0.05) is 13.8 Å². The number of aliphatic carboxylic acids is 2. The maximum absolute atomic E-state index is 13.1. The Bertz CT molecular complexity index is 1170. The van der Waals surface area contributed by atoms with E-state index in [9.17, 15) is 29.4 Å². The molecule has 2 bridgehead atoms. The molecule has 10 heteroatoms. The minimum atomic E-state index is -1.39. The molecular formula is C23H32N4O6. The number of aromatic nitrogens is 4. The van der Waals surface area contributed by atoms with Gasteiger partial charge in [0.15, 0.2) is 11.6 Å². The molecule has 3 aliphatic rings. The number of imidazole rings is 1. The van der Waals surface area contributed by atoms with E-state index in [1.54, 1.807) is 4.57 Å². The van der Waals surface area contributed by atoms with Crippen LogP contribution in [0.4, 0.5) is 0 Å². The minimum absolute atomic E-state index is 0.144. The molecular weight excluding hydrogens is 428 g/mol. The summed E-state index contributed by atoms with van der Waals surface area (Å²) in [7, 11) is 0. The van der Waals surface area contributed by atoms with Gasteiger partial charge in [0, 0.05) is 18.5 Å². The Morgan fingerprint density at radius 1 is 0.970 bits per heavy atom. The van der Waals surface area contributed by atoms with Gasteiger partial charge >= 0.3 is 17.6 Å². The zero-order valence-corrected chi connectivity index (χ0v) is 19.2. The fourth-order valence-electron chi connectivity index (χ4n) is 5.90. The number of hydrogen-bond acceptors (Lipinski definition) is 5. The molecule has 3 N–H and O–H groups in total. The predicted octanol–water partition coefficient (Wildman–Crippen LogP) is 2.47. The molecule has 0 aromatic carbocycles. The summed E-state index contributed by atoms with van der Waals surface area (Å²) in [6.07, 6.45) is 5.98. The second-order valence-electron chi connectivity index (χ2n) is 9.89. The molecule has 10 nitrogen and oxygen atoms in total. The topological polar surface area (TPSA) is 147 Å². The van der Waals surface area contributed by atoms with Gasteiger partial charge in [0.2, 0.25) is 0 Å². The quantitative estimate of drug-likeness (QED) is 0.487. The first-order valence-corrected chi connectivity index (χ1v) is 11.9. The maximum atomic E-state index is 13.1. The highest BCUT2D eigenvalue weighted by Crippen LogP contribution is 2.59. The molecule has 3 saturated carbocycles. The summed E-state index contributed by atoms with van der Waals surface area (Å²) < 4.78 is 2.87. The highest BCUT2D eigenvalue weighted by Gasteiger charge is 2.52. The third-order valence-electron chi connectivity index (χ3n) is 7.89. The zero-order valence-electron chi connectivity index (χ0n) is 19.2. The van der Waals surface area contributed by atoms with E-state index in [2.05, 4.69) is 4.98 Å². The Labute approximate surface area is 190 Å². The first-order chi connectivity index (χ1) is 15.7. The number of carboxylic acid groups (broad SMARTS) is 2. The van der Waals surface area contributed by atoms with Crippen LogP contribution in [0, 0.1) is 11.3 Å². The molecule has 2 aromatic heterocycles. The summed E-state index contributed by atoms with van der Waals surface area (Å²) in [6, 6.07) is 0. The normalized spacial score (nSPS) is 24.6. The molecule has 0 spiro atoms. The van der Waals surface area contributed by atoms with Crippen LogP contribution in [0.5, 0.6) is 0 Å². The molecule has 180 valence electrons. The van der Waals surface area contributed by atoms with Crippen molar-refractivity contribution in [2.75, 3.05) is 0 Å². The molecule has 3 fully saturated rings. The Morgan fingerprint density at radius 3 is 2.03 bits per heavy atom. The molecule has 0 amide bonds. The van der Waals surface area contributed by atoms with Crippen LogP contribution in [0.1, 0.15) is 77.5 Å². The van der Waals surface area contributed by atoms with Gasteiger partial charge in [0.05, 0.1) is 0 Å². The molecule has 0 atom stereocenters. The zero-order chi connectivity index (χ0) is 24.0. The highest BCUT2D eigenvalue weighted by atomic mass is 16.4. The van der Waals surface area contributed by atoms with Crippen LogP contribution >= 0.6 is 0 Å². The van der Waals surface area contributed by atoms with Gasteiger partial charge < -0.3 is 15.2 Å². The summed E-state index contributed by atoms with van der Waals surface area (Å²) in [5, 5.41) is 18.7. The smallest absolute Gasteiger partial charge is 0.332 e. The largest absolute Gasteiger partial charge is 0.481 e. The van der Waals surface area contributed by atoms with E-state index in [1.807, 2.05) is 13.8 Å². The van der Waals surface area contributed by atoms with Crippen molar-refractivity contribution in [3.8, 4) is 0 Å². The average Bonchev–Trinajstić information content (AvgIpc) is 3.25. The van der Waals surface area contributed by atoms with Crippen LogP contribution < -0.4 is 11.2 Å². The summed E-state index contributed by atoms with van der Waals surface area (Å²) in [5.74, 6) is -3.24. The van der Waals surface area contributed by atoms with Crippen molar-refractivity contribution in [3.63, 3.8) is 0 Å². The third kappa shape index (κ3) is 3.79. The Balaban J connectivity index is 1.69. The number of hydrogen-bond donors (Lipinski definition) is 3. The Morgan fingerprint density at radius 2 is 1.52 bits per heavy atom. The van der Waals surface area contributed by atoms with Crippen LogP contribution in [0.25, 0.3) is 11.2 Å². The second-order valence-corrected chi connectivity index (χ2v) is 9.89. The summed E-state index contributed by atoms with van der Waals surface area (Å²) >= 11 is 0. The van der Waals surface area contributed by atoms with Gasteiger partial charge in [-0.2, -0.15) is 0 Å². The van der Waals surface area contributed by atoms with Crippen molar-refractivity contribution in [1.29, 1.82) is 0 Å². The number of H-pyrrole nitrogens is 1. The van der Waals surface area contributed by atoms with Gasteiger partial charge in [-0.15, -0.1) is 0 Å². The van der Waals surface area contributed by atoms with Crippen LogP contribution in [0.3, 0.4) is 0 Å². The molecule has 2 aromatic rings. The number of aromatic amines is 1. The monoisotopic (exact) mass is 460 g/mol.